The summed E-state index contributed by atoms with van der Waals surface area (Å²) < 4.78 is 5.04. The minimum absolute atomic E-state index is 0.130. The molecule has 1 rings (SSSR count). The van der Waals surface area contributed by atoms with Crippen molar-refractivity contribution in [1.29, 1.82) is 0 Å². The normalized spacial score (nSPS) is 16.6. The van der Waals surface area contributed by atoms with Gasteiger partial charge in [0.15, 0.2) is 0 Å². The van der Waals surface area contributed by atoms with Crippen molar-refractivity contribution >= 4 is 5.97 Å². The first-order valence-electron chi connectivity index (χ1n) is 6.41. The van der Waals surface area contributed by atoms with E-state index in [0.717, 1.165) is 25.9 Å². The predicted octanol–water partition coefficient (Wildman–Crippen LogP) is 1.02. The summed E-state index contributed by atoms with van der Waals surface area (Å²) in [6, 6.07) is 0. The molecule has 1 saturated heterocycles. The Bertz CT molecular complexity index is 191. The molecule has 1 fully saturated rings. The number of nitrogens with one attached hydrogen (secondary N) is 1. The maximum absolute atomic E-state index is 11.2. The monoisotopic (exact) mass is 228 g/mol. The highest BCUT2D eigenvalue weighted by Gasteiger charge is 2.10. The van der Waals surface area contributed by atoms with Crippen LogP contribution < -0.4 is 5.32 Å². The molecular weight excluding hydrogens is 204 g/mol. The Hall–Kier alpha value is -0.610. The SMILES string of the molecule is CCCCOC(=O)CNCCN1CCCC1. The molecule has 94 valence electrons. The fraction of sp³-hybridized carbons (Fsp3) is 0.917. The van der Waals surface area contributed by atoms with Gasteiger partial charge >= 0.3 is 5.97 Å². The Morgan fingerprint density at radius 3 is 2.81 bits per heavy atom. The highest BCUT2D eigenvalue weighted by Crippen LogP contribution is 2.05. The standard InChI is InChI=1S/C12H24N2O2/c1-2-3-10-16-12(15)11-13-6-9-14-7-4-5-8-14/h13H,2-11H2,1H3. The summed E-state index contributed by atoms with van der Waals surface area (Å²) in [5.41, 5.74) is 0. The molecule has 0 aromatic rings. The van der Waals surface area contributed by atoms with Crippen LogP contribution >= 0.6 is 0 Å². The fourth-order valence-electron chi connectivity index (χ4n) is 1.82. The zero-order valence-corrected chi connectivity index (χ0v) is 10.3. The number of esters is 1. The number of ether oxygens (including phenoxy) is 1. The first kappa shape index (κ1) is 13.5. The van der Waals surface area contributed by atoms with E-state index in [-0.39, 0.29) is 5.97 Å². The molecule has 4 nitrogen and oxygen atoms in total. The Labute approximate surface area is 98.3 Å². The van der Waals surface area contributed by atoms with E-state index < -0.39 is 0 Å². The van der Waals surface area contributed by atoms with E-state index in [1.807, 2.05) is 0 Å². The van der Waals surface area contributed by atoms with Crippen LogP contribution in [0.2, 0.25) is 0 Å². The van der Waals surface area contributed by atoms with Crippen LogP contribution in [0.15, 0.2) is 0 Å². The van der Waals surface area contributed by atoms with Crippen molar-refractivity contribution in [2.75, 3.05) is 39.3 Å². The van der Waals surface area contributed by atoms with Crippen LogP contribution in [0.4, 0.5) is 0 Å². The van der Waals surface area contributed by atoms with Crippen LogP contribution in [0.25, 0.3) is 0 Å². The van der Waals surface area contributed by atoms with E-state index in [2.05, 4.69) is 17.1 Å². The highest BCUT2D eigenvalue weighted by atomic mass is 16.5. The molecule has 0 unspecified atom stereocenters. The molecule has 0 radical (unpaired) electrons. The second-order valence-corrected chi connectivity index (χ2v) is 4.30. The Morgan fingerprint density at radius 1 is 1.38 bits per heavy atom. The van der Waals surface area contributed by atoms with Crippen LogP contribution in [0, 0.1) is 0 Å². The van der Waals surface area contributed by atoms with Crippen molar-refractivity contribution in [2.24, 2.45) is 0 Å². The number of rotatable bonds is 8. The smallest absolute Gasteiger partial charge is 0.319 e. The summed E-state index contributed by atoms with van der Waals surface area (Å²) in [6.45, 7) is 7.33. The van der Waals surface area contributed by atoms with Gasteiger partial charge in [0.05, 0.1) is 13.2 Å². The zero-order chi connectivity index (χ0) is 11.6. The van der Waals surface area contributed by atoms with E-state index in [4.69, 9.17) is 4.74 Å². The van der Waals surface area contributed by atoms with Crippen molar-refractivity contribution in [3.05, 3.63) is 0 Å². The zero-order valence-electron chi connectivity index (χ0n) is 10.3. The number of unbranched alkanes of at least 4 members (excludes halogenated alkanes) is 1. The van der Waals surface area contributed by atoms with Gasteiger partial charge in [0.2, 0.25) is 0 Å². The Balaban J connectivity index is 1.87. The van der Waals surface area contributed by atoms with E-state index in [1.54, 1.807) is 0 Å². The van der Waals surface area contributed by atoms with Crippen LogP contribution in [-0.4, -0.2) is 50.2 Å². The Morgan fingerprint density at radius 2 is 2.12 bits per heavy atom. The third kappa shape index (κ3) is 6.08. The molecule has 1 aliphatic heterocycles. The maximum atomic E-state index is 11.2. The molecule has 0 aliphatic carbocycles. The summed E-state index contributed by atoms with van der Waals surface area (Å²) >= 11 is 0. The van der Waals surface area contributed by atoms with E-state index in [1.165, 1.54) is 25.9 Å². The average Bonchev–Trinajstić information content (AvgIpc) is 2.78. The van der Waals surface area contributed by atoms with Gasteiger partial charge in [-0.05, 0) is 32.4 Å². The second-order valence-electron chi connectivity index (χ2n) is 4.30. The molecule has 16 heavy (non-hydrogen) atoms. The number of nitrogens with zero attached hydrogens (tertiary/aromatic N) is 1. The van der Waals surface area contributed by atoms with Crippen molar-refractivity contribution in [3.63, 3.8) is 0 Å². The average molecular weight is 228 g/mol. The number of hydrogen-bond acceptors (Lipinski definition) is 4. The van der Waals surface area contributed by atoms with Gasteiger partial charge in [0.1, 0.15) is 0 Å². The molecular formula is C12H24N2O2. The molecule has 1 heterocycles. The topological polar surface area (TPSA) is 41.6 Å². The lowest BCUT2D eigenvalue weighted by atomic mass is 10.4. The van der Waals surface area contributed by atoms with Crippen LogP contribution in [0.3, 0.4) is 0 Å². The minimum Gasteiger partial charge on any atom is -0.465 e. The molecule has 0 bridgehead atoms. The van der Waals surface area contributed by atoms with Crippen LogP contribution in [0.1, 0.15) is 32.6 Å². The third-order valence-electron chi connectivity index (χ3n) is 2.83. The molecule has 0 saturated carbocycles. The summed E-state index contributed by atoms with van der Waals surface area (Å²) in [5.74, 6) is -0.130. The number of carbonyl (C=O) groups excluding carboxylic acids is 1. The molecule has 0 aromatic heterocycles. The highest BCUT2D eigenvalue weighted by molar-refractivity contribution is 5.71. The second kappa shape index (κ2) is 8.53. The van der Waals surface area contributed by atoms with Crippen molar-refractivity contribution in [2.45, 2.75) is 32.6 Å². The molecule has 1 aliphatic rings. The van der Waals surface area contributed by atoms with Gasteiger partial charge in [-0.1, -0.05) is 13.3 Å². The van der Waals surface area contributed by atoms with Gasteiger partial charge in [-0.2, -0.15) is 0 Å². The molecule has 0 aromatic carbocycles. The van der Waals surface area contributed by atoms with Crippen LogP contribution in [0.5, 0.6) is 0 Å². The summed E-state index contributed by atoms with van der Waals surface area (Å²) in [7, 11) is 0. The predicted molar refractivity (Wildman–Crippen MR) is 64.4 cm³/mol. The van der Waals surface area contributed by atoms with Gasteiger partial charge < -0.3 is 15.0 Å². The molecule has 0 amide bonds. The van der Waals surface area contributed by atoms with Gasteiger partial charge in [-0.15, -0.1) is 0 Å². The third-order valence-corrected chi connectivity index (χ3v) is 2.83. The van der Waals surface area contributed by atoms with Crippen molar-refractivity contribution < 1.29 is 9.53 Å². The van der Waals surface area contributed by atoms with Crippen LogP contribution in [-0.2, 0) is 9.53 Å². The fourth-order valence-corrected chi connectivity index (χ4v) is 1.82. The quantitative estimate of drug-likeness (QED) is 0.497. The molecule has 4 heteroatoms. The summed E-state index contributed by atoms with van der Waals surface area (Å²) in [4.78, 5) is 13.6. The van der Waals surface area contributed by atoms with E-state index in [9.17, 15) is 4.79 Å². The van der Waals surface area contributed by atoms with Gasteiger partial charge in [0, 0.05) is 13.1 Å². The van der Waals surface area contributed by atoms with Gasteiger partial charge in [-0.3, -0.25) is 4.79 Å². The van der Waals surface area contributed by atoms with E-state index in [0.29, 0.717) is 13.2 Å². The summed E-state index contributed by atoms with van der Waals surface area (Å²) in [6.07, 6.45) is 4.66. The van der Waals surface area contributed by atoms with E-state index >= 15 is 0 Å². The number of hydrogen-bond donors (Lipinski definition) is 1. The van der Waals surface area contributed by atoms with Crippen molar-refractivity contribution in [1.82, 2.24) is 10.2 Å². The lowest BCUT2D eigenvalue weighted by Gasteiger charge is -2.14. The lowest BCUT2D eigenvalue weighted by molar-refractivity contribution is -0.142. The van der Waals surface area contributed by atoms with Gasteiger partial charge in [0.25, 0.3) is 0 Å². The number of carbonyl (C=O) groups is 1. The molecule has 0 spiro atoms. The first-order valence-corrected chi connectivity index (χ1v) is 6.41. The molecule has 0 atom stereocenters. The Kier molecular flexibility index (Phi) is 7.17. The largest absolute Gasteiger partial charge is 0.465 e. The molecule has 1 N–H and O–H groups in total. The number of likely N-dealkylation sites (tertiary alicyclic amines) is 1. The maximum Gasteiger partial charge on any atom is 0.319 e. The van der Waals surface area contributed by atoms with Gasteiger partial charge in [-0.25, -0.2) is 0 Å². The minimum atomic E-state index is -0.130. The van der Waals surface area contributed by atoms with Crippen molar-refractivity contribution in [3.8, 4) is 0 Å². The summed E-state index contributed by atoms with van der Waals surface area (Å²) in [5, 5.41) is 3.12. The lowest BCUT2D eigenvalue weighted by Crippen LogP contribution is -2.33. The first-order chi connectivity index (χ1) is 7.83.